The topological polar surface area (TPSA) is 12.5 Å². The van der Waals surface area contributed by atoms with Crippen LogP contribution in [-0.2, 0) is 4.74 Å². The van der Waals surface area contributed by atoms with Crippen molar-refractivity contribution in [2.75, 3.05) is 26.3 Å². The van der Waals surface area contributed by atoms with Crippen LogP contribution >= 0.6 is 0 Å². The van der Waals surface area contributed by atoms with Crippen molar-refractivity contribution >= 4 is 0 Å². The van der Waals surface area contributed by atoms with Gasteiger partial charge in [0.05, 0.1) is 6.61 Å². The number of ether oxygens (including phenoxy) is 1. The quantitative estimate of drug-likeness (QED) is 0.628. The first-order valence-electron chi connectivity index (χ1n) is 5.29. The van der Waals surface area contributed by atoms with Gasteiger partial charge in [0.25, 0.3) is 0 Å². The second-order valence-electron chi connectivity index (χ2n) is 3.94. The van der Waals surface area contributed by atoms with Gasteiger partial charge in [0, 0.05) is 25.4 Å². The van der Waals surface area contributed by atoms with Crippen molar-refractivity contribution in [3.8, 4) is 0 Å². The Morgan fingerprint density at radius 2 is 1.86 bits per heavy atom. The summed E-state index contributed by atoms with van der Waals surface area (Å²) in [7, 11) is 0. The van der Waals surface area contributed by atoms with Gasteiger partial charge in [0.2, 0.25) is 0 Å². The molecular weight excluding hydrogens is 174 g/mol. The van der Waals surface area contributed by atoms with Crippen molar-refractivity contribution in [3.63, 3.8) is 0 Å². The van der Waals surface area contributed by atoms with E-state index in [2.05, 4.69) is 32.3 Å². The smallest absolute Gasteiger partial charge is 0.0641 e. The Labute approximate surface area is 87.2 Å². The minimum Gasteiger partial charge on any atom is -0.380 e. The third-order valence-electron chi connectivity index (χ3n) is 2.88. The van der Waals surface area contributed by atoms with Crippen molar-refractivity contribution in [2.45, 2.75) is 27.2 Å². The molecule has 2 heteroatoms. The Bertz CT molecular complexity index is 235. The summed E-state index contributed by atoms with van der Waals surface area (Å²) in [6.07, 6.45) is 1.13. The van der Waals surface area contributed by atoms with Crippen LogP contribution in [0.5, 0.6) is 0 Å². The van der Waals surface area contributed by atoms with Crippen molar-refractivity contribution < 1.29 is 4.74 Å². The first kappa shape index (κ1) is 11.3. The molecule has 0 radical (unpaired) electrons. The zero-order valence-electron chi connectivity index (χ0n) is 9.60. The highest BCUT2D eigenvalue weighted by Crippen LogP contribution is 2.16. The molecule has 0 aromatic heterocycles. The summed E-state index contributed by atoms with van der Waals surface area (Å²) in [6.45, 7) is 14.2. The average Bonchev–Trinajstić information content (AvgIpc) is 2.43. The molecule has 2 nitrogen and oxygen atoms in total. The molecule has 1 rings (SSSR count). The SMILES string of the molecule is C=C(C)/C(C)=C(\C)N1CCCOCC1. The summed E-state index contributed by atoms with van der Waals surface area (Å²) in [5.41, 5.74) is 3.82. The molecule has 0 spiro atoms. The van der Waals surface area contributed by atoms with Crippen LogP contribution < -0.4 is 0 Å². The fourth-order valence-corrected chi connectivity index (χ4v) is 1.63. The molecule has 1 heterocycles. The van der Waals surface area contributed by atoms with E-state index in [0.29, 0.717) is 0 Å². The van der Waals surface area contributed by atoms with E-state index in [1.165, 1.54) is 11.3 Å². The van der Waals surface area contributed by atoms with Gasteiger partial charge in [0.15, 0.2) is 0 Å². The second-order valence-corrected chi connectivity index (χ2v) is 3.94. The van der Waals surface area contributed by atoms with Gasteiger partial charge < -0.3 is 9.64 Å². The Morgan fingerprint density at radius 1 is 1.14 bits per heavy atom. The lowest BCUT2D eigenvalue weighted by molar-refractivity contribution is 0.145. The van der Waals surface area contributed by atoms with E-state index in [1.54, 1.807) is 0 Å². The van der Waals surface area contributed by atoms with Crippen LogP contribution in [0.25, 0.3) is 0 Å². The van der Waals surface area contributed by atoms with Crippen molar-refractivity contribution in [3.05, 3.63) is 23.4 Å². The van der Waals surface area contributed by atoms with Crippen LogP contribution in [0.1, 0.15) is 27.2 Å². The molecule has 1 fully saturated rings. The predicted octanol–water partition coefficient (Wildman–Crippen LogP) is 2.58. The molecule has 1 aliphatic rings. The minimum absolute atomic E-state index is 0.848. The summed E-state index contributed by atoms with van der Waals surface area (Å²) in [6, 6.07) is 0. The lowest BCUT2D eigenvalue weighted by atomic mass is 10.1. The summed E-state index contributed by atoms with van der Waals surface area (Å²) in [4.78, 5) is 2.40. The molecule has 14 heavy (non-hydrogen) atoms. The predicted molar refractivity (Wildman–Crippen MR) is 60.2 cm³/mol. The summed E-state index contributed by atoms with van der Waals surface area (Å²) < 4.78 is 5.43. The van der Waals surface area contributed by atoms with Crippen molar-refractivity contribution in [2.24, 2.45) is 0 Å². The number of hydrogen-bond acceptors (Lipinski definition) is 2. The molecule has 0 aromatic rings. The summed E-state index contributed by atoms with van der Waals surface area (Å²) in [5.74, 6) is 0. The Morgan fingerprint density at radius 3 is 2.50 bits per heavy atom. The highest BCUT2D eigenvalue weighted by Gasteiger charge is 2.11. The zero-order chi connectivity index (χ0) is 10.6. The van der Waals surface area contributed by atoms with Crippen LogP contribution in [-0.4, -0.2) is 31.2 Å². The van der Waals surface area contributed by atoms with Gasteiger partial charge in [-0.05, 0) is 32.8 Å². The highest BCUT2D eigenvalue weighted by atomic mass is 16.5. The molecule has 0 N–H and O–H groups in total. The lowest BCUT2D eigenvalue weighted by Gasteiger charge is -2.24. The lowest BCUT2D eigenvalue weighted by Crippen LogP contribution is -2.25. The third kappa shape index (κ3) is 2.88. The molecule has 0 unspecified atom stereocenters. The van der Waals surface area contributed by atoms with Crippen LogP contribution in [0.4, 0.5) is 0 Å². The first-order chi connectivity index (χ1) is 6.63. The van der Waals surface area contributed by atoms with Gasteiger partial charge in [-0.2, -0.15) is 0 Å². The highest BCUT2D eigenvalue weighted by molar-refractivity contribution is 5.28. The van der Waals surface area contributed by atoms with Gasteiger partial charge in [-0.25, -0.2) is 0 Å². The summed E-state index contributed by atoms with van der Waals surface area (Å²) in [5, 5.41) is 0. The Balaban J connectivity index is 2.70. The van der Waals surface area contributed by atoms with E-state index in [9.17, 15) is 0 Å². The van der Waals surface area contributed by atoms with E-state index in [-0.39, 0.29) is 0 Å². The van der Waals surface area contributed by atoms with E-state index in [0.717, 1.165) is 38.3 Å². The molecule has 0 aromatic carbocycles. The van der Waals surface area contributed by atoms with Gasteiger partial charge in [-0.1, -0.05) is 12.2 Å². The maximum Gasteiger partial charge on any atom is 0.0641 e. The molecule has 0 bridgehead atoms. The molecule has 0 atom stereocenters. The Kier molecular flexibility index (Phi) is 4.21. The fraction of sp³-hybridized carbons (Fsp3) is 0.667. The van der Waals surface area contributed by atoms with E-state index < -0.39 is 0 Å². The fourth-order valence-electron chi connectivity index (χ4n) is 1.63. The van der Waals surface area contributed by atoms with Gasteiger partial charge in [-0.15, -0.1) is 0 Å². The van der Waals surface area contributed by atoms with Crippen LogP contribution in [0.2, 0.25) is 0 Å². The Hall–Kier alpha value is -0.760. The summed E-state index contributed by atoms with van der Waals surface area (Å²) >= 11 is 0. The number of nitrogens with zero attached hydrogens (tertiary/aromatic N) is 1. The van der Waals surface area contributed by atoms with Crippen LogP contribution in [0.3, 0.4) is 0 Å². The molecule has 0 amide bonds. The van der Waals surface area contributed by atoms with Gasteiger partial charge in [-0.3, -0.25) is 0 Å². The van der Waals surface area contributed by atoms with Gasteiger partial charge >= 0.3 is 0 Å². The van der Waals surface area contributed by atoms with Crippen LogP contribution in [0.15, 0.2) is 23.4 Å². The monoisotopic (exact) mass is 195 g/mol. The van der Waals surface area contributed by atoms with E-state index in [1.807, 2.05) is 0 Å². The normalized spacial score (nSPS) is 20.1. The first-order valence-corrected chi connectivity index (χ1v) is 5.29. The molecule has 0 aliphatic carbocycles. The molecular formula is C12H21NO. The molecule has 0 saturated carbocycles. The van der Waals surface area contributed by atoms with Crippen LogP contribution in [0, 0.1) is 0 Å². The van der Waals surface area contributed by atoms with Gasteiger partial charge in [0.1, 0.15) is 0 Å². The maximum absolute atomic E-state index is 5.43. The van der Waals surface area contributed by atoms with Crippen molar-refractivity contribution in [1.29, 1.82) is 0 Å². The second kappa shape index (κ2) is 5.20. The average molecular weight is 195 g/mol. The van der Waals surface area contributed by atoms with E-state index >= 15 is 0 Å². The standard InChI is InChI=1S/C12H21NO/c1-10(2)11(3)12(4)13-6-5-8-14-9-7-13/h1,5-9H2,2-4H3/b12-11+. The molecule has 80 valence electrons. The number of hydrogen-bond donors (Lipinski definition) is 0. The number of allylic oxidation sites excluding steroid dienone is 3. The van der Waals surface area contributed by atoms with E-state index in [4.69, 9.17) is 4.74 Å². The zero-order valence-corrected chi connectivity index (χ0v) is 9.60. The minimum atomic E-state index is 0.848. The third-order valence-corrected chi connectivity index (χ3v) is 2.88. The molecule has 1 aliphatic heterocycles. The maximum atomic E-state index is 5.43. The largest absolute Gasteiger partial charge is 0.380 e. The molecule has 1 saturated heterocycles. The van der Waals surface area contributed by atoms with Crippen molar-refractivity contribution in [1.82, 2.24) is 4.90 Å². The number of rotatable bonds is 2.